The number of amides is 1. The number of anilines is 1. The first kappa shape index (κ1) is 18.7. The van der Waals surface area contributed by atoms with Crippen LogP contribution in [0.2, 0.25) is 10.0 Å². The van der Waals surface area contributed by atoms with Gasteiger partial charge in [0.25, 0.3) is 11.6 Å². The van der Waals surface area contributed by atoms with Crippen LogP contribution in [0.4, 0.5) is 11.4 Å². The number of hydrogen-bond donors (Lipinski definition) is 1. The average Bonchev–Trinajstić information content (AvgIpc) is 2.54. The Labute approximate surface area is 152 Å². The normalized spacial score (nSPS) is 11.5. The highest BCUT2D eigenvalue weighted by Crippen LogP contribution is 2.25. The van der Waals surface area contributed by atoms with E-state index in [-0.39, 0.29) is 10.6 Å². The van der Waals surface area contributed by atoms with Crippen LogP contribution in [0, 0.1) is 10.1 Å². The number of nitrogens with one attached hydrogen (secondary N) is 1. The molecule has 2 rings (SSSR count). The number of nitro benzene ring substituents is 1. The van der Waals surface area contributed by atoms with Gasteiger partial charge in [-0.2, -0.15) is 0 Å². The molecule has 0 radical (unpaired) electrons. The van der Waals surface area contributed by atoms with Gasteiger partial charge in [-0.25, -0.2) is 4.79 Å². The van der Waals surface area contributed by atoms with Crippen molar-refractivity contribution in [1.82, 2.24) is 0 Å². The van der Waals surface area contributed by atoms with Gasteiger partial charge in [0.2, 0.25) is 0 Å². The second kappa shape index (κ2) is 7.96. The lowest BCUT2D eigenvalue weighted by molar-refractivity contribution is -0.384. The molecular weight excluding hydrogens is 371 g/mol. The van der Waals surface area contributed by atoms with E-state index in [9.17, 15) is 19.7 Å². The summed E-state index contributed by atoms with van der Waals surface area (Å²) in [7, 11) is 0. The first-order valence-electron chi connectivity index (χ1n) is 6.99. The number of ether oxygens (including phenoxy) is 1. The molecule has 0 heterocycles. The number of halogens is 2. The molecule has 0 saturated heterocycles. The van der Waals surface area contributed by atoms with Crippen molar-refractivity contribution in [3.8, 4) is 0 Å². The van der Waals surface area contributed by atoms with E-state index in [4.69, 9.17) is 27.9 Å². The smallest absolute Gasteiger partial charge is 0.339 e. The number of nitrogens with zero attached hydrogens (tertiary/aromatic N) is 1. The average molecular weight is 383 g/mol. The number of hydrogen-bond acceptors (Lipinski definition) is 5. The van der Waals surface area contributed by atoms with Crippen LogP contribution in [0.5, 0.6) is 0 Å². The maximum absolute atomic E-state index is 12.1. The molecule has 25 heavy (non-hydrogen) atoms. The maximum atomic E-state index is 12.1. The van der Waals surface area contributed by atoms with E-state index in [0.717, 1.165) is 6.07 Å². The Morgan fingerprint density at radius 2 is 1.92 bits per heavy atom. The summed E-state index contributed by atoms with van der Waals surface area (Å²) in [6, 6.07) is 9.95. The zero-order valence-corrected chi connectivity index (χ0v) is 14.4. The van der Waals surface area contributed by atoms with E-state index < -0.39 is 28.6 Å². The fraction of sp³-hybridized carbons (Fsp3) is 0.125. The van der Waals surface area contributed by atoms with E-state index >= 15 is 0 Å². The third kappa shape index (κ3) is 4.91. The molecule has 2 aromatic carbocycles. The molecule has 7 nitrogen and oxygen atoms in total. The third-order valence-electron chi connectivity index (χ3n) is 3.12. The lowest BCUT2D eigenvalue weighted by atomic mass is 10.2. The van der Waals surface area contributed by atoms with Crippen molar-refractivity contribution in [2.75, 3.05) is 5.32 Å². The van der Waals surface area contributed by atoms with Crippen LogP contribution in [0.15, 0.2) is 42.5 Å². The van der Waals surface area contributed by atoms with Crippen molar-refractivity contribution >= 4 is 46.5 Å². The minimum Gasteiger partial charge on any atom is -0.449 e. The SMILES string of the molecule is C[C@@H](OC(=O)c1ccc(Cl)c([N+](=O)[O-])c1)C(=O)Nc1cccc(Cl)c1. The molecule has 0 aliphatic heterocycles. The van der Waals surface area contributed by atoms with E-state index in [0.29, 0.717) is 10.7 Å². The molecule has 0 aliphatic rings. The van der Waals surface area contributed by atoms with Gasteiger partial charge in [0.15, 0.2) is 6.10 Å². The monoisotopic (exact) mass is 382 g/mol. The zero-order valence-electron chi connectivity index (χ0n) is 12.9. The Bertz CT molecular complexity index is 841. The number of esters is 1. The molecule has 9 heteroatoms. The minimum absolute atomic E-state index is 0.0847. The topological polar surface area (TPSA) is 98.5 Å². The van der Waals surface area contributed by atoms with Crippen LogP contribution >= 0.6 is 23.2 Å². The summed E-state index contributed by atoms with van der Waals surface area (Å²) in [6.45, 7) is 1.38. The van der Waals surface area contributed by atoms with Gasteiger partial charge in [0.05, 0.1) is 10.5 Å². The summed E-state index contributed by atoms with van der Waals surface area (Å²) >= 11 is 11.5. The summed E-state index contributed by atoms with van der Waals surface area (Å²) in [6.07, 6.45) is -1.12. The van der Waals surface area contributed by atoms with Crippen LogP contribution in [0.1, 0.15) is 17.3 Å². The summed E-state index contributed by atoms with van der Waals surface area (Å²) in [5.41, 5.74) is -0.0619. The Balaban J connectivity index is 2.05. The maximum Gasteiger partial charge on any atom is 0.339 e. The van der Waals surface area contributed by atoms with Crippen LogP contribution in [0.25, 0.3) is 0 Å². The molecule has 1 N–H and O–H groups in total. The van der Waals surface area contributed by atoms with Crippen molar-refractivity contribution in [2.45, 2.75) is 13.0 Å². The Hall–Kier alpha value is -2.64. The van der Waals surface area contributed by atoms with Gasteiger partial charge < -0.3 is 10.1 Å². The minimum atomic E-state index is -1.12. The molecule has 0 unspecified atom stereocenters. The summed E-state index contributed by atoms with van der Waals surface area (Å²) in [5, 5.41) is 13.7. The van der Waals surface area contributed by atoms with Gasteiger partial charge >= 0.3 is 5.97 Å². The van der Waals surface area contributed by atoms with Gasteiger partial charge in [-0.15, -0.1) is 0 Å². The van der Waals surface area contributed by atoms with Gasteiger partial charge in [-0.3, -0.25) is 14.9 Å². The van der Waals surface area contributed by atoms with Crippen molar-refractivity contribution in [3.63, 3.8) is 0 Å². The fourth-order valence-electron chi connectivity index (χ4n) is 1.87. The van der Waals surface area contributed by atoms with E-state index in [1.54, 1.807) is 18.2 Å². The molecule has 130 valence electrons. The number of carbonyl (C=O) groups is 2. The highest BCUT2D eigenvalue weighted by molar-refractivity contribution is 6.32. The quantitative estimate of drug-likeness (QED) is 0.477. The number of rotatable bonds is 5. The molecular formula is C16H12Cl2N2O5. The van der Waals surface area contributed by atoms with Crippen molar-refractivity contribution in [1.29, 1.82) is 0 Å². The van der Waals surface area contributed by atoms with Crippen molar-refractivity contribution in [2.24, 2.45) is 0 Å². The molecule has 0 fully saturated rings. The van der Waals surface area contributed by atoms with Gasteiger partial charge in [-0.1, -0.05) is 29.3 Å². The van der Waals surface area contributed by atoms with Crippen LogP contribution in [-0.4, -0.2) is 22.9 Å². The van der Waals surface area contributed by atoms with E-state index in [1.807, 2.05) is 0 Å². The molecule has 0 saturated carbocycles. The van der Waals surface area contributed by atoms with Crippen LogP contribution in [0.3, 0.4) is 0 Å². The first-order valence-corrected chi connectivity index (χ1v) is 7.75. The molecule has 2 aromatic rings. The molecule has 0 spiro atoms. The lowest BCUT2D eigenvalue weighted by Crippen LogP contribution is -2.30. The largest absolute Gasteiger partial charge is 0.449 e. The molecule has 0 bridgehead atoms. The molecule has 0 aromatic heterocycles. The zero-order chi connectivity index (χ0) is 18.6. The summed E-state index contributed by atoms with van der Waals surface area (Å²) in [4.78, 5) is 34.3. The van der Waals surface area contributed by atoms with E-state index in [1.165, 1.54) is 25.1 Å². The highest BCUT2D eigenvalue weighted by atomic mass is 35.5. The Morgan fingerprint density at radius 1 is 1.20 bits per heavy atom. The standard InChI is InChI=1S/C16H12Cl2N2O5/c1-9(15(21)19-12-4-2-3-11(17)8-12)25-16(22)10-5-6-13(18)14(7-10)20(23)24/h2-9H,1H3,(H,19,21)/t9-/m1/s1. The van der Waals surface area contributed by atoms with Crippen molar-refractivity contribution in [3.05, 3.63) is 68.2 Å². The predicted molar refractivity (Wildman–Crippen MR) is 93.1 cm³/mol. The van der Waals surface area contributed by atoms with Crippen LogP contribution < -0.4 is 5.32 Å². The van der Waals surface area contributed by atoms with Crippen molar-refractivity contribution < 1.29 is 19.2 Å². The third-order valence-corrected chi connectivity index (χ3v) is 3.68. The highest BCUT2D eigenvalue weighted by Gasteiger charge is 2.22. The molecule has 0 aliphatic carbocycles. The number of benzene rings is 2. The second-order valence-electron chi connectivity index (χ2n) is 4.97. The molecule has 1 atom stereocenters. The second-order valence-corrected chi connectivity index (χ2v) is 5.81. The Kier molecular flexibility index (Phi) is 5.95. The van der Waals surface area contributed by atoms with Gasteiger partial charge in [0, 0.05) is 16.8 Å². The number of carbonyl (C=O) groups excluding carboxylic acids is 2. The number of nitro groups is 1. The predicted octanol–water partition coefficient (Wildman–Crippen LogP) is 4.09. The first-order chi connectivity index (χ1) is 11.8. The summed E-state index contributed by atoms with van der Waals surface area (Å²) in [5.74, 6) is -1.45. The van der Waals surface area contributed by atoms with Gasteiger partial charge in [-0.05, 0) is 37.3 Å². The lowest BCUT2D eigenvalue weighted by Gasteiger charge is -2.13. The molecule has 1 amide bonds. The van der Waals surface area contributed by atoms with Gasteiger partial charge in [0.1, 0.15) is 5.02 Å². The fourth-order valence-corrected chi connectivity index (χ4v) is 2.25. The van der Waals surface area contributed by atoms with E-state index in [2.05, 4.69) is 5.32 Å². The van der Waals surface area contributed by atoms with Crippen LogP contribution in [-0.2, 0) is 9.53 Å². The summed E-state index contributed by atoms with van der Waals surface area (Å²) < 4.78 is 5.03. The Morgan fingerprint density at radius 3 is 2.56 bits per heavy atom.